The molecule has 2 N–H and O–H groups in total. The SMILES string of the molecule is O=C(c1ccc(Cl)cc1)c1ccccn1.OOO. The van der Waals surface area contributed by atoms with Crippen molar-refractivity contribution in [2.75, 3.05) is 0 Å². The lowest BCUT2D eigenvalue weighted by Crippen LogP contribution is -2.02. The molecule has 0 fully saturated rings. The second kappa shape index (κ2) is 7.52. The van der Waals surface area contributed by atoms with Gasteiger partial charge in [0.05, 0.1) is 0 Å². The molecule has 0 bridgehead atoms. The van der Waals surface area contributed by atoms with Crippen molar-refractivity contribution in [3.63, 3.8) is 0 Å². The first-order valence-corrected chi connectivity index (χ1v) is 5.23. The molecule has 0 radical (unpaired) electrons. The fourth-order valence-corrected chi connectivity index (χ4v) is 1.37. The molecule has 5 nitrogen and oxygen atoms in total. The largest absolute Gasteiger partial charge is 0.287 e. The highest BCUT2D eigenvalue weighted by Gasteiger charge is 2.08. The van der Waals surface area contributed by atoms with Crippen LogP contribution >= 0.6 is 11.6 Å². The van der Waals surface area contributed by atoms with Crippen LogP contribution in [0, 0.1) is 0 Å². The smallest absolute Gasteiger partial charge is 0.211 e. The molecule has 1 aromatic carbocycles. The third-order valence-electron chi connectivity index (χ3n) is 2.00. The maximum absolute atomic E-state index is 11.9. The molecule has 0 aliphatic heterocycles. The highest BCUT2D eigenvalue weighted by Crippen LogP contribution is 2.12. The summed E-state index contributed by atoms with van der Waals surface area (Å²) in [6.07, 6.45) is 1.60. The third kappa shape index (κ3) is 4.23. The first-order chi connectivity index (χ1) is 8.69. The molecule has 0 aliphatic rings. The number of nitrogens with zero attached hydrogens (tertiary/aromatic N) is 1. The minimum Gasteiger partial charge on any atom is -0.287 e. The predicted octanol–water partition coefficient (Wildman–Crippen LogP) is 2.92. The maximum atomic E-state index is 11.9. The summed E-state index contributed by atoms with van der Waals surface area (Å²) in [5, 5.41) is 16.1. The van der Waals surface area contributed by atoms with Crippen LogP contribution < -0.4 is 0 Å². The molecule has 6 heteroatoms. The topological polar surface area (TPSA) is 79.7 Å². The Bertz CT molecular complexity index is 487. The Kier molecular flexibility index (Phi) is 5.96. The quantitative estimate of drug-likeness (QED) is 0.497. The number of rotatable bonds is 2. The van der Waals surface area contributed by atoms with Crippen molar-refractivity contribution in [2.45, 2.75) is 0 Å². The van der Waals surface area contributed by atoms with Gasteiger partial charge in [-0.25, -0.2) is 10.5 Å². The highest BCUT2D eigenvalue weighted by atomic mass is 35.5. The molecule has 2 rings (SSSR count). The van der Waals surface area contributed by atoms with Crippen LogP contribution in [0.2, 0.25) is 5.02 Å². The fourth-order valence-electron chi connectivity index (χ4n) is 1.25. The highest BCUT2D eigenvalue weighted by molar-refractivity contribution is 6.30. The molecule has 0 atom stereocenters. The van der Waals surface area contributed by atoms with Gasteiger partial charge < -0.3 is 0 Å². The minimum absolute atomic E-state index is 0.0905. The van der Waals surface area contributed by atoms with Crippen LogP contribution in [0.5, 0.6) is 0 Å². The average Bonchev–Trinajstić information content (AvgIpc) is 2.41. The van der Waals surface area contributed by atoms with Gasteiger partial charge in [-0.15, -0.1) is 0 Å². The van der Waals surface area contributed by atoms with E-state index in [1.54, 1.807) is 48.7 Å². The van der Waals surface area contributed by atoms with Gasteiger partial charge in [-0.1, -0.05) is 22.7 Å². The summed E-state index contributed by atoms with van der Waals surface area (Å²) in [7, 11) is 0. The van der Waals surface area contributed by atoms with Crippen molar-refractivity contribution in [2.24, 2.45) is 0 Å². The number of hydrogen-bond donors (Lipinski definition) is 2. The number of carbonyl (C=O) groups excluding carboxylic acids is 1. The molecular formula is C12H10ClNO4. The number of ketones is 1. The van der Waals surface area contributed by atoms with Crippen molar-refractivity contribution in [3.05, 3.63) is 64.9 Å². The van der Waals surface area contributed by atoms with E-state index in [9.17, 15) is 4.79 Å². The second-order valence-corrected chi connectivity index (χ2v) is 3.57. The van der Waals surface area contributed by atoms with E-state index in [0.29, 0.717) is 16.3 Å². The van der Waals surface area contributed by atoms with Gasteiger partial charge in [0.25, 0.3) is 0 Å². The van der Waals surface area contributed by atoms with Gasteiger partial charge in [-0.2, -0.15) is 0 Å². The molecule has 0 saturated carbocycles. The molecule has 2 aromatic rings. The van der Waals surface area contributed by atoms with Crippen LogP contribution in [-0.4, -0.2) is 21.3 Å². The minimum atomic E-state index is -0.0905. The van der Waals surface area contributed by atoms with E-state index < -0.39 is 0 Å². The number of pyridine rings is 1. The Labute approximate surface area is 108 Å². The van der Waals surface area contributed by atoms with E-state index in [4.69, 9.17) is 22.1 Å². The normalized spacial score (nSPS) is 9.28. The van der Waals surface area contributed by atoms with Crippen molar-refractivity contribution >= 4 is 17.4 Å². The van der Waals surface area contributed by atoms with Crippen LogP contribution in [0.15, 0.2) is 48.7 Å². The number of benzene rings is 1. The lowest BCUT2D eigenvalue weighted by molar-refractivity contribution is -0.465. The summed E-state index contributed by atoms with van der Waals surface area (Å²) in [5.41, 5.74) is 1.04. The summed E-state index contributed by atoms with van der Waals surface area (Å²) < 4.78 is 0. The molecule has 1 heterocycles. The summed E-state index contributed by atoms with van der Waals surface area (Å²) >= 11 is 5.74. The standard InChI is InChI=1S/C12H8ClNO.H2O3/c13-10-6-4-9(5-7-10)12(15)11-3-1-2-8-14-11;1-3-2/h1-8H;1-2H. The molecule has 0 saturated heterocycles. The zero-order chi connectivity index (χ0) is 13.4. The van der Waals surface area contributed by atoms with Crippen molar-refractivity contribution < 1.29 is 20.3 Å². The molecule has 0 unspecified atom stereocenters. The van der Waals surface area contributed by atoms with E-state index >= 15 is 0 Å². The average molecular weight is 268 g/mol. The van der Waals surface area contributed by atoms with Crippen molar-refractivity contribution in [1.29, 1.82) is 0 Å². The molecule has 0 amide bonds. The van der Waals surface area contributed by atoms with Crippen LogP contribution in [0.3, 0.4) is 0 Å². The van der Waals surface area contributed by atoms with Crippen molar-refractivity contribution in [3.8, 4) is 0 Å². The molecule has 94 valence electrons. The lowest BCUT2D eigenvalue weighted by Gasteiger charge is -1.99. The number of halogens is 1. The zero-order valence-electron chi connectivity index (χ0n) is 9.15. The molecule has 0 aliphatic carbocycles. The van der Waals surface area contributed by atoms with Crippen LogP contribution in [-0.2, 0) is 5.04 Å². The van der Waals surface area contributed by atoms with Gasteiger partial charge in [-0.3, -0.25) is 9.78 Å². The van der Waals surface area contributed by atoms with Gasteiger partial charge >= 0.3 is 0 Å². The van der Waals surface area contributed by atoms with Crippen LogP contribution in [0.4, 0.5) is 0 Å². The molecule has 18 heavy (non-hydrogen) atoms. The third-order valence-corrected chi connectivity index (χ3v) is 2.26. The van der Waals surface area contributed by atoms with E-state index in [2.05, 4.69) is 10.0 Å². The molecular weight excluding hydrogens is 258 g/mol. The van der Waals surface area contributed by atoms with Gasteiger partial charge in [-0.05, 0) is 36.4 Å². The monoisotopic (exact) mass is 267 g/mol. The first-order valence-electron chi connectivity index (χ1n) is 4.85. The van der Waals surface area contributed by atoms with E-state index in [-0.39, 0.29) is 5.78 Å². The summed E-state index contributed by atoms with van der Waals surface area (Å²) in [6, 6.07) is 12.0. The maximum Gasteiger partial charge on any atom is 0.211 e. The fraction of sp³-hybridized carbons (Fsp3) is 0. The van der Waals surface area contributed by atoms with E-state index in [1.807, 2.05) is 0 Å². The summed E-state index contributed by atoms with van der Waals surface area (Å²) in [6.45, 7) is 0. The second-order valence-electron chi connectivity index (χ2n) is 3.13. The molecule has 1 aromatic heterocycles. The number of carbonyl (C=O) groups is 1. The van der Waals surface area contributed by atoms with Gasteiger partial charge in [0, 0.05) is 16.8 Å². The Balaban J connectivity index is 0.000000492. The van der Waals surface area contributed by atoms with Crippen LogP contribution in [0.1, 0.15) is 16.1 Å². The predicted molar refractivity (Wildman–Crippen MR) is 65.5 cm³/mol. The number of hydrogen-bond acceptors (Lipinski definition) is 5. The van der Waals surface area contributed by atoms with Gasteiger partial charge in [0.15, 0.2) is 0 Å². The lowest BCUT2D eigenvalue weighted by atomic mass is 10.1. The first kappa shape index (κ1) is 14.3. The van der Waals surface area contributed by atoms with Gasteiger partial charge in [0.1, 0.15) is 5.69 Å². The Morgan fingerprint density at radius 3 is 2.22 bits per heavy atom. The Morgan fingerprint density at radius 2 is 1.72 bits per heavy atom. The summed E-state index contributed by atoms with van der Waals surface area (Å²) in [5.74, 6) is -0.0905. The van der Waals surface area contributed by atoms with Gasteiger partial charge in [0.2, 0.25) is 5.78 Å². The number of aromatic nitrogens is 1. The van der Waals surface area contributed by atoms with Crippen LogP contribution in [0.25, 0.3) is 0 Å². The van der Waals surface area contributed by atoms with E-state index in [1.165, 1.54) is 0 Å². The Morgan fingerprint density at radius 1 is 1.11 bits per heavy atom. The summed E-state index contributed by atoms with van der Waals surface area (Å²) in [4.78, 5) is 15.8. The van der Waals surface area contributed by atoms with E-state index in [0.717, 1.165) is 0 Å². The zero-order valence-corrected chi connectivity index (χ0v) is 9.91. The molecule has 0 spiro atoms. The van der Waals surface area contributed by atoms with Crippen molar-refractivity contribution in [1.82, 2.24) is 4.98 Å². The Hall–Kier alpha value is -1.79.